The van der Waals surface area contributed by atoms with E-state index >= 15 is 0 Å². The van der Waals surface area contributed by atoms with Crippen LogP contribution in [0.5, 0.6) is 0 Å². The molecule has 0 atom stereocenters. The van der Waals surface area contributed by atoms with Crippen LogP contribution in [0, 0.1) is 0 Å². The summed E-state index contributed by atoms with van der Waals surface area (Å²) in [5, 5.41) is 18.3. The molecule has 0 aromatic heterocycles. The third-order valence-corrected chi connectivity index (χ3v) is 1.44. The van der Waals surface area contributed by atoms with Crippen LogP contribution in [0.4, 0.5) is 0 Å². The number of aliphatic hydroxyl groups is 2. The number of rotatable bonds is 2. The summed E-state index contributed by atoms with van der Waals surface area (Å²) in [5.41, 5.74) is 0.525. The second kappa shape index (κ2) is 3.67. The number of benzene rings is 1. The van der Waals surface area contributed by atoms with Gasteiger partial charge in [-0.2, -0.15) is 0 Å². The summed E-state index contributed by atoms with van der Waals surface area (Å²) < 4.78 is 4.45. The maximum absolute atomic E-state index is 9.29. The number of hydrogen-bond acceptors (Lipinski definition) is 3. The topological polar surface area (TPSA) is 49.7 Å². The maximum atomic E-state index is 9.29. The number of hydrogen-bond donors (Lipinski definition) is 2. The summed E-state index contributed by atoms with van der Waals surface area (Å²) in [6, 6.07) is 8.68. The van der Waals surface area contributed by atoms with Crippen LogP contribution in [0.25, 0.3) is 5.76 Å². The van der Waals surface area contributed by atoms with Gasteiger partial charge in [-0.25, -0.2) is 0 Å². The highest BCUT2D eigenvalue weighted by molar-refractivity contribution is 5.58. The zero-order valence-electron chi connectivity index (χ0n) is 6.69. The zero-order chi connectivity index (χ0) is 8.97. The van der Waals surface area contributed by atoms with Gasteiger partial charge >= 0.3 is 5.95 Å². The molecule has 3 nitrogen and oxygen atoms in total. The molecular formula is C9H10O3. The summed E-state index contributed by atoms with van der Waals surface area (Å²) in [5.74, 6) is -0.723. The monoisotopic (exact) mass is 166 g/mol. The van der Waals surface area contributed by atoms with Crippen molar-refractivity contribution in [3.8, 4) is 0 Å². The van der Waals surface area contributed by atoms with Crippen molar-refractivity contribution in [2.75, 3.05) is 7.11 Å². The average molecular weight is 166 g/mol. The molecular weight excluding hydrogens is 156 g/mol. The molecule has 64 valence electrons. The minimum atomic E-state index is -0.471. The van der Waals surface area contributed by atoms with Gasteiger partial charge < -0.3 is 14.9 Å². The van der Waals surface area contributed by atoms with Crippen molar-refractivity contribution in [3.63, 3.8) is 0 Å². The Morgan fingerprint density at radius 2 is 1.75 bits per heavy atom. The van der Waals surface area contributed by atoms with E-state index in [0.29, 0.717) is 5.56 Å². The van der Waals surface area contributed by atoms with Gasteiger partial charge in [0.1, 0.15) is 0 Å². The summed E-state index contributed by atoms with van der Waals surface area (Å²) in [6.07, 6.45) is 0. The molecule has 0 radical (unpaired) electrons. The zero-order valence-corrected chi connectivity index (χ0v) is 6.69. The lowest BCUT2D eigenvalue weighted by atomic mass is 10.2. The number of aliphatic hydroxyl groups excluding tert-OH is 2. The van der Waals surface area contributed by atoms with Gasteiger partial charge in [-0.05, 0) is 0 Å². The Morgan fingerprint density at radius 1 is 1.17 bits per heavy atom. The second-order valence-electron chi connectivity index (χ2n) is 2.22. The Labute approximate surface area is 70.5 Å². The first-order valence-corrected chi connectivity index (χ1v) is 3.47. The molecule has 0 spiro atoms. The molecule has 2 N–H and O–H groups in total. The van der Waals surface area contributed by atoms with E-state index in [1.807, 2.05) is 6.07 Å². The van der Waals surface area contributed by atoms with Gasteiger partial charge in [0, 0.05) is 5.56 Å². The third-order valence-electron chi connectivity index (χ3n) is 1.44. The fraction of sp³-hybridized carbons (Fsp3) is 0.111. The molecule has 0 heterocycles. The molecule has 0 unspecified atom stereocenters. The number of ether oxygens (including phenoxy) is 1. The average Bonchev–Trinajstić information content (AvgIpc) is 2.17. The highest BCUT2D eigenvalue weighted by Crippen LogP contribution is 2.13. The Balaban J connectivity index is 3.00. The molecule has 0 aliphatic rings. The molecule has 3 heteroatoms. The predicted molar refractivity (Wildman–Crippen MR) is 45.6 cm³/mol. The van der Waals surface area contributed by atoms with E-state index in [9.17, 15) is 5.11 Å². The van der Waals surface area contributed by atoms with Crippen molar-refractivity contribution in [1.29, 1.82) is 0 Å². The molecule has 1 aromatic carbocycles. The van der Waals surface area contributed by atoms with Crippen LogP contribution < -0.4 is 0 Å². The lowest BCUT2D eigenvalue weighted by Crippen LogP contribution is -1.92. The summed E-state index contributed by atoms with van der Waals surface area (Å²) in [7, 11) is 1.29. The third kappa shape index (κ3) is 1.69. The van der Waals surface area contributed by atoms with Crippen LogP contribution in [-0.2, 0) is 4.74 Å². The molecule has 0 amide bonds. The number of methoxy groups -OCH3 is 1. The van der Waals surface area contributed by atoms with Crippen LogP contribution in [0.2, 0.25) is 0 Å². The van der Waals surface area contributed by atoms with E-state index in [4.69, 9.17) is 5.11 Å². The summed E-state index contributed by atoms with van der Waals surface area (Å²) >= 11 is 0. The highest BCUT2D eigenvalue weighted by atomic mass is 16.6. The van der Waals surface area contributed by atoms with Crippen molar-refractivity contribution in [2.24, 2.45) is 0 Å². The Kier molecular flexibility index (Phi) is 2.58. The van der Waals surface area contributed by atoms with Gasteiger partial charge in [0.05, 0.1) is 7.11 Å². The van der Waals surface area contributed by atoms with Gasteiger partial charge in [-0.1, -0.05) is 30.3 Å². The van der Waals surface area contributed by atoms with E-state index in [1.54, 1.807) is 24.3 Å². The van der Waals surface area contributed by atoms with Crippen molar-refractivity contribution in [1.82, 2.24) is 0 Å². The largest absolute Gasteiger partial charge is 0.502 e. The molecule has 0 aliphatic carbocycles. The Morgan fingerprint density at radius 3 is 2.25 bits per heavy atom. The van der Waals surface area contributed by atoms with E-state index in [-0.39, 0.29) is 5.76 Å². The second-order valence-corrected chi connectivity index (χ2v) is 2.22. The smallest absolute Gasteiger partial charge is 0.321 e. The minimum Gasteiger partial charge on any atom is -0.502 e. The first-order chi connectivity index (χ1) is 5.75. The van der Waals surface area contributed by atoms with Crippen molar-refractivity contribution >= 4 is 5.76 Å². The predicted octanol–water partition coefficient (Wildman–Crippen LogP) is 2.08. The molecule has 0 fully saturated rings. The van der Waals surface area contributed by atoms with Gasteiger partial charge in [0.25, 0.3) is 0 Å². The molecule has 0 saturated heterocycles. The quantitative estimate of drug-likeness (QED) is 0.661. The molecule has 1 rings (SSSR count). The molecule has 0 aliphatic heterocycles. The Hall–Kier alpha value is -1.64. The highest BCUT2D eigenvalue weighted by Gasteiger charge is 2.05. The lowest BCUT2D eigenvalue weighted by Gasteiger charge is -2.01. The first kappa shape index (κ1) is 8.46. The van der Waals surface area contributed by atoms with Crippen LogP contribution >= 0.6 is 0 Å². The molecule has 12 heavy (non-hydrogen) atoms. The van der Waals surface area contributed by atoms with E-state index < -0.39 is 5.95 Å². The molecule has 1 aromatic rings. The maximum Gasteiger partial charge on any atom is 0.321 e. The minimum absolute atomic E-state index is 0.252. The van der Waals surface area contributed by atoms with E-state index in [2.05, 4.69) is 4.74 Å². The summed E-state index contributed by atoms with van der Waals surface area (Å²) in [6.45, 7) is 0. The normalized spacial score (nSPS) is 12.1. The Bertz CT molecular complexity index is 277. The first-order valence-electron chi connectivity index (χ1n) is 3.47. The lowest BCUT2D eigenvalue weighted by molar-refractivity contribution is 0.129. The van der Waals surface area contributed by atoms with Crippen molar-refractivity contribution in [3.05, 3.63) is 41.8 Å². The van der Waals surface area contributed by atoms with Gasteiger partial charge in [-0.15, -0.1) is 0 Å². The standard InChI is InChI=1S/C9H10O3/c1-12-9(11)8(10)7-5-3-2-4-6-7/h2-6,10-11H,1H3/b9-8-. The SMILES string of the molecule is CO/C(O)=C(\O)c1ccccc1. The molecule has 0 saturated carbocycles. The van der Waals surface area contributed by atoms with Gasteiger partial charge in [0.15, 0.2) is 0 Å². The van der Waals surface area contributed by atoms with Gasteiger partial charge in [-0.3, -0.25) is 0 Å². The van der Waals surface area contributed by atoms with Crippen LogP contribution in [0.3, 0.4) is 0 Å². The van der Waals surface area contributed by atoms with Crippen molar-refractivity contribution in [2.45, 2.75) is 0 Å². The van der Waals surface area contributed by atoms with Crippen molar-refractivity contribution < 1.29 is 14.9 Å². The van der Waals surface area contributed by atoms with Gasteiger partial charge in [0.2, 0.25) is 5.76 Å². The molecule has 0 bridgehead atoms. The van der Waals surface area contributed by atoms with Crippen LogP contribution in [0.15, 0.2) is 36.3 Å². The van der Waals surface area contributed by atoms with E-state index in [0.717, 1.165) is 0 Å². The van der Waals surface area contributed by atoms with Crippen LogP contribution in [0.1, 0.15) is 5.56 Å². The van der Waals surface area contributed by atoms with Crippen LogP contribution in [-0.4, -0.2) is 17.3 Å². The fourth-order valence-electron chi connectivity index (χ4n) is 0.816. The summed E-state index contributed by atoms with van der Waals surface area (Å²) in [4.78, 5) is 0. The van der Waals surface area contributed by atoms with E-state index in [1.165, 1.54) is 7.11 Å². The fourth-order valence-corrected chi connectivity index (χ4v) is 0.816.